The van der Waals surface area contributed by atoms with E-state index in [0.717, 1.165) is 25.6 Å². The zero-order valence-corrected chi connectivity index (χ0v) is 14.2. The molecule has 0 amide bonds. The largest absolute Gasteiger partial charge is 0.377 e. The zero-order chi connectivity index (χ0) is 15.2. The average Bonchev–Trinajstić information content (AvgIpc) is 2.38. The quantitative estimate of drug-likeness (QED) is 0.738. The Morgan fingerprint density at radius 1 is 1.20 bits per heavy atom. The summed E-state index contributed by atoms with van der Waals surface area (Å²) in [7, 11) is 2.20. The first kappa shape index (κ1) is 17.9. The molecule has 1 fully saturated rings. The van der Waals surface area contributed by atoms with Gasteiger partial charge in [-0.2, -0.15) is 0 Å². The minimum Gasteiger partial charge on any atom is -0.377 e. The van der Waals surface area contributed by atoms with Crippen LogP contribution < -0.4 is 5.73 Å². The van der Waals surface area contributed by atoms with Crippen LogP contribution in [0, 0.1) is 5.92 Å². The van der Waals surface area contributed by atoms with Gasteiger partial charge in [-0.25, -0.2) is 0 Å². The summed E-state index contributed by atoms with van der Waals surface area (Å²) in [4.78, 5) is 5.01. The third-order valence-corrected chi connectivity index (χ3v) is 4.48. The molecule has 0 aliphatic carbocycles. The number of hydrogen-bond acceptors (Lipinski definition) is 4. The standard InChI is InChI=1S/C16H35N3O/c1-14(2)12-19-8-6-16(13-17,7-9-19)18(5)10-11-20-15(3)4/h14-15H,6-13,17H2,1-5H3. The lowest BCUT2D eigenvalue weighted by atomic mass is 9.85. The summed E-state index contributed by atoms with van der Waals surface area (Å²) in [5.41, 5.74) is 6.29. The van der Waals surface area contributed by atoms with Gasteiger partial charge in [-0.15, -0.1) is 0 Å². The van der Waals surface area contributed by atoms with Crippen LogP contribution in [0.1, 0.15) is 40.5 Å². The lowest BCUT2D eigenvalue weighted by molar-refractivity contribution is 0.00608. The van der Waals surface area contributed by atoms with E-state index in [4.69, 9.17) is 10.5 Å². The van der Waals surface area contributed by atoms with E-state index in [1.807, 2.05) is 0 Å². The lowest BCUT2D eigenvalue weighted by Crippen LogP contribution is -2.59. The molecule has 0 radical (unpaired) electrons. The molecule has 20 heavy (non-hydrogen) atoms. The molecule has 4 heteroatoms. The van der Waals surface area contributed by atoms with Gasteiger partial charge in [0.2, 0.25) is 0 Å². The van der Waals surface area contributed by atoms with Gasteiger partial charge in [0.05, 0.1) is 12.7 Å². The van der Waals surface area contributed by atoms with Gasteiger partial charge in [0.25, 0.3) is 0 Å². The molecule has 120 valence electrons. The first-order chi connectivity index (χ1) is 9.39. The van der Waals surface area contributed by atoms with Crippen molar-refractivity contribution in [1.82, 2.24) is 9.80 Å². The Bertz CT molecular complexity index is 260. The van der Waals surface area contributed by atoms with Crippen LogP contribution in [-0.2, 0) is 4.74 Å². The molecular weight excluding hydrogens is 250 g/mol. The van der Waals surface area contributed by atoms with Crippen LogP contribution in [0.3, 0.4) is 0 Å². The van der Waals surface area contributed by atoms with E-state index < -0.39 is 0 Å². The number of rotatable bonds is 8. The smallest absolute Gasteiger partial charge is 0.0597 e. The highest BCUT2D eigenvalue weighted by Gasteiger charge is 2.36. The van der Waals surface area contributed by atoms with Gasteiger partial charge < -0.3 is 15.4 Å². The molecule has 0 spiro atoms. The SMILES string of the molecule is CC(C)CN1CCC(CN)(N(C)CCOC(C)C)CC1. The summed E-state index contributed by atoms with van der Waals surface area (Å²) in [6, 6.07) is 0. The Kier molecular flexibility index (Phi) is 7.45. The zero-order valence-electron chi connectivity index (χ0n) is 14.2. The molecule has 4 nitrogen and oxygen atoms in total. The van der Waals surface area contributed by atoms with Gasteiger partial charge in [0.1, 0.15) is 0 Å². The Morgan fingerprint density at radius 3 is 2.25 bits per heavy atom. The second-order valence-corrected chi connectivity index (χ2v) is 6.96. The van der Waals surface area contributed by atoms with Crippen molar-refractivity contribution in [3.63, 3.8) is 0 Å². The number of likely N-dealkylation sites (tertiary alicyclic amines) is 1. The maximum Gasteiger partial charge on any atom is 0.0597 e. The Labute approximate surface area is 125 Å². The van der Waals surface area contributed by atoms with E-state index in [1.54, 1.807) is 0 Å². The van der Waals surface area contributed by atoms with Crippen LogP contribution in [0.25, 0.3) is 0 Å². The molecule has 0 aromatic heterocycles. The fraction of sp³-hybridized carbons (Fsp3) is 1.00. The number of nitrogens with two attached hydrogens (primary N) is 1. The summed E-state index contributed by atoms with van der Waals surface area (Å²) in [6.07, 6.45) is 2.66. The predicted octanol–water partition coefficient (Wildman–Crippen LogP) is 1.79. The fourth-order valence-electron chi connectivity index (χ4n) is 3.07. The summed E-state index contributed by atoms with van der Waals surface area (Å²) in [6.45, 7) is 14.8. The highest BCUT2D eigenvalue weighted by Crippen LogP contribution is 2.27. The molecule has 0 aromatic carbocycles. The molecule has 0 saturated carbocycles. The molecule has 0 bridgehead atoms. The van der Waals surface area contributed by atoms with Crippen molar-refractivity contribution in [2.45, 2.75) is 52.2 Å². The van der Waals surface area contributed by atoms with E-state index in [9.17, 15) is 0 Å². The van der Waals surface area contributed by atoms with Crippen molar-refractivity contribution in [1.29, 1.82) is 0 Å². The second-order valence-electron chi connectivity index (χ2n) is 6.96. The minimum atomic E-state index is 0.174. The first-order valence-electron chi connectivity index (χ1n) is 8.15. The van der Waals surface area contributed by atoms with E-state index in [2.05, 4.69) is 44.5 Å². The van der Waals surface area contributed by atoms with Crippen molar-refractivity contribution in [3.05, 3.63) is 0 Å². The van der Waals surface area contributed by atoms with Gasteiger partial charge in [-0.1, -0.05) is 13.8 Å². The third-order valence-electron chi connectivity index (χ3n) is 4.48. The Balaban J connectivity index is 2.44. The van der Waals surface area contributed by atoms with Crippen molar-refractivity contribution >= 4 is 0 Å². The van der Waals surface area contributed by atoms with Crippen LogP contribution in [0.5, 0.6) is 0 Å². The van der Waals surface area contributed by atoms with Crippen molar-refractivity contribution in [2.75, 3.05) is 46.4 Å². The molecule has 1 saturated heterocycles. The van der Waals surface area contributed by atoms with Crippen LogP contribution in [0.15, 0.2) is 0 Å². The van der Waals surface area contributed by atoms with Crippen LogP contribution >= 0.6 is 0 Å². The average molecular weight is 285 g/mol. The molecule has 0 atom stereocenters. The number of piperidine rings is 1. The fourth-order valence-corrected chi connectivity index (χ4v) is 3.07. The lowest BCUT2D eigenvalue weighted by Gasteiger charge is -2.47. The molecule has 1 rings (SSSR count). The van der Waals surface area contributed by atoms with Gasteiger partial charge in [-0.05, 0) is 52.7 Å². The van der Waals surface area contributed by atoms with Crippen LogP contribution in [0.4, 0.5) is 0 Å². The predicted molar refractivity (Wildman–Crippen MR) is 86.0 cm³/mol. The third kappa shape index (κ3) is 5.32. The molecule has 1 aliphatic rings. The summed E-state index contributed by atoms with van der Waals surface area (Å²) in [5.74, 6) is 0.748. The number of likely N-dealkylation sites (N-methyl/N-ethyl adjacent to an activating group) is 1. The normalized spacial score (nSPS) is 20.2. The number of nitrogens with zero attached hydrogens (tertiary/aromatic N) is 2. The summed E-state index contributed by atoms with van der Waals surface area (Å²) < 4.78 is 5.67. The van der Waals surface area contributed by atoms with Gasteiger partial charge in [0, 0.05) is 25.2 Å². The van der Waals surface area contributed by atoms with Gasteiger partial charge in [-0.3, -0.25) is 4.90 Å². The summed E-state index contributed by atoms with van der Waals surface area (Å²) in [5, 5.41) is 0. The first-order valence-corrected chi connectivity index (χ1v) is 8.15. The Morgan fingerprint density at radius 2 is 1.80 bits per heavy atom. The number of ether oxygens (including phenoxy) is 1. The van der Waals surface area contributed by atoms with Crippen LogP contribution in [0.2, 0.25) is 0 Å². The molecule has 1 heterocycles. The van der Waals surface area contributed by atoms with E-state index in [1.165, 1.54) is 32.5 Å². The van der Waals surface area contributed by atoms with E-state index in [0.29, 0.717) is 6.10 Å². The van der Waals surface area contributed by atoms with E-state index >= 15 is 0 Å². The summed E-state index contributed by atoms with van der Waals surface area (Å²) >= 11 is 0. The molecule has 1 aliphatic heterocycles. The van der Waals surface area contributed by atoms with Crippen molar-refractivity contribution in [3.8, 4) is 0 Å². The molecular formula is C16H35N3O. The molecule has 0 aromatic rings. The highest BCUT2D eigenvalue weighted by molar-refractivity contribution is 4.95. The number of hydrogen-bond donors (Lipinski definition) is 1. The molecule has 2 N–H and O–H groups in total. The minimum absolute atomic E-state index is 0.174. The van der Waals surface area contributed by atoms with Crippen LogP contribution in [-0.4, -0.2) is 67.8 Å². The van der Waals surface area contributed by atoms with Crippen molar-refractivity contribution < 1.29 is 4.74 Å². The van der Waals surface area contributed by atoms with E-state index in [-0.39, 0.29) is 5.54 Å². The maximum absolute atomic E-state index is 6.12. The topological polar surface area (TPSA) is 41.7 Å². The maximum atomic E-state index is 6.12. The second kappa shape index (κ2) is 8.32. The van der Waals surface area contributed by atoms with Gasteiger partial charge >= 0.3 is 0 Å². The van der Waals surface area contributed by atoms with Crippen molar-refractivity contribution in [2.24, 2.45) is 11.7 Å². The molecule has 0 unspecified atom stereocenters. The van der Waals surface area contributed by atoms with Gasteiger partial charge in [0.15, 0.2) is 0 Å². The highest BCUT2D eigenvalue weighted by atomic mass is 16.5. The monoisotopic (exact) mass is 285 g/mol. The Hall–Kier alpha value is -0.160.